The molecule has 7 atom stereocenters. The van der Waals surface area contributed by atoms with Gasteiger partial charge in [0.15, 0.2) is 0 Å². The zero-order valence-electron chi connectivity index (χ0n) is 26.0. The van der Waals surface area contributed by atoms with Crippen molar-refractivity contribution in [2.75, 3.05) is 20.8 Å². The Hall–Kier alpha value is -3.08. The van der Waals surface area contributed by atoms with Crippen LogP contribution in [0.2, 0.25) is 5.02 Å². The molecule has 3 aliphatic rings. The van der Waals surface area contributed by atoms with Crippen LogP contribution < -0.4 is 9.47 Å². The first kappa shape index (κ1) is 33.3. The van der Waals surface area contributed by atoms with Crippen LogP contribution in [-0.2, 0) is 25.6 Å². The molecular weight excluding hydrogens is 600 g/mol. The van der Waals surface area contributed by atoms with Crippen LogP contribution in [-0.4, -0.2) is 66.7 Å². The second-order valence-corrected chi connectivity index (χ2v) is 12.6. The van der Waals surface area contributed by atoms with Crippen LogP contribution in [0, 0.1) is 17.8 Å². The van der Waals surface area contributed by atoms with E-state index in [1.54, 1.807) is 25.3 Å². The van der Waals surface area contributed by atoms with E-state index < -0.39 is 37.2 Å². The van der Waals surface area contributed by atoms with Crippen molar-refractivity contribution in [3.8, 4) is 11.5 Å². The van der Waals surface area contributed by atoms with E-state index in [9.17, 15) is 20.1 Å². The number of hydrogen-bond acceptors (Lipinski definition) is 9. The Labute approximate surface area is 269 Å². The van der Waals surface area contributed by atoms with Crippen molar-refractivity contribution < 1.29 is 43.8 Å². The summed E-state index contributed by atoms with van der Waals surface area (Å²) in [6.45, 7) is 2.03. The number of esters is 1. The first-order valence-corrected chi connectivity index (χ1v) is 16.0. The molecule has 45 heavy (non-hydrogen) atoms. The van der Waals surface area contributed by atoms with Crippen molar-refractivity contribution in [1.82, 2.24) is 0 Å². The maximum Gasteiger partial charge on any atom is 0.330 e. The van der Waals surface area contributed by atoms with E-state index in [1.807, 2.05) is 24.3 Å². The minimum Gasteiger partial charge on any atom is -0.496 e. The van der Waals surface area contributed by atoms with Crippen LogP contribution in [0.5, 0.6) is 11.5 Å². The summed E-state index contributed by atoms with van der Waals surface area (Å²) in [5.41, 5.74) is 3.54. The van der Waals surface area contributed by atoms with E-state index in [2.05, 4.69) is 6.92 Å². The molecule has 3 unspecified atom stereocenters. The number of carbonyl (C=O) groups is 1. The molecule has 2 aliphatic carbocycles. The lowest BCUT2D eigenvalue weighted by Crippen LogP contribution is -2.51. The van der Waals surface area contributed by atoms with E-state index in [0.29, 0.717) is 33.9 Å². The van der Waals surface area contributed by atoms with Gasteiger partial charge in [0.2, 0.25) is 6.29 Å². The number of aliphatic hydroxyl groups excluding tert-OH is 3. The summed E-state index contributed by atoms with van der Waals surface area (Å²) in [5.74, 6) is 2.87. The number of allylic oxidation sites excluding steroid dienone is 1. The smallest absolute Gasteiger partial charge is 0.330 e. The van der Waals surface area contributed by atoms with Crippen molar-refractivity contribution in [1.29, 1.82) is 0 Å². The molecule has 0 radical (unpaired) electrons. The molecule has 0 aromatic heterocycles. The van der Waals surface area contributed by atoms with Gasteiger partial charge in [-0.2, -0.15) is 0 Å². The third-order valence-corrected chi connectivity index (χ3v) is 9.54. The monoisotopic (exact) mass is 642 g/mol. The summed E-state index contributed by atoms with van der Waals surface area (Å²) in [6.07, 6.45) is 5.06. The highest BCUT2D eigenvalue weighted by Gasteiger charge is 2.38. The summed E-state index contributed by atoms with van der Waals surface area (Å²) in [7, 11) is 3.02. The van der Waals surface area contributed by atoms with Gasteiger partial charge < -0.3 is 39.0 Å². The van der Waals surface area contributed by atoms with Gasteiger partial charge in [-0.25, -0.2) is 4.79 Å². The second-order valence-electron chi connectivity index (χ2n) is 12.2. The molecule has 2 aromatic rings. The van der Waals surface area contributed by atoms with Gasteiger partial charge in [-0.15, -0.1) is 0 Å². The summed E-state index contributed by atoms with van der Waals surface area (Å²) in [5, 5.41) is 29.9. The zero-order valence-corrected chi connectivity index (χ0v) is 26.7. The van der Waals surface area contributed by atoms with Gasteiger partial charge in [0, 0.05) is 23.6 Å². The topological polar surface area (TPSA) is 124 Å². The van der Waals surface area contributed by atoms with Crippen molar-refractivity contribution in [2.24, 2.45) is 17.8 Å². The quantitative estimate of drug-likeness (QED) is 0.175. The highest BCUT2D eigenvalue weighted by molar-refractivity contribution is 6.34. The first-order chi connectivity index (χ1) is 21.7. The highest BCUT2D eigenvalue weighted by atomic mass is 35.5. The largest absolute Gasteiger partial charge is 0.496 e. The van der Waals surface area contributed by atoms with E-state index in [0.717, 1.165) is 35.6 Å². The third-order valence-electron chi connectivity index (χ3n) is 9.17. The van der Waals surface area contributed by atoms with Gasteiger partial charge in [0.25, 0.3) is 0 Å². The fraction of sp³-hybridized carbons (Fsp3) is 0.514. The number of fused-ring (bicyclic) bond motifs is 2. The van der Waals surface area contributed by atoms with E-state index in [4.69, 9.17) is 35.3 Å². The van der Waals surface area contributed by atoms with Crippen LogP contribution in [0.3, 0.4) is 0 Å². The molecule has 2 bridgehead atoms. The predicted octanol–water partition coefficient (Wildman–Crippen LogP) is 5.52. The minimum atomic E-state index is -1.17. The maximum absolute atomic E-state index is 11.9. The van der Waals surface area contributed by atoms with Crippen LogP contribution in [0.1, 0.15) is 62.1 Å². The average Bonchev–Trinajstić information content (AvgIpc) is 3.04. The lowest BCUT2D eigenvalue weighted by molar-refractivity contribution is -0.229. The summed E-state index contributed by atoms with van der Waals surface area (Å²) < 4.78 is 28.6. The maximum atomic E-state index is 11.9. The molecule has 0 spiro atoms. The third kappa shape index (κ3) is 7.67. The number of aliphatic hydroxyl groups is 3. The molecule has 9 nitrogen and oxygen atoms in total. The van der Waals surface area contributed by atoms with Gasteiger partial charge in [0.05, 0.1) is 32.0 Å². The standard InChI is InChI=1S/C35H43ClO9/c1-20-15-22-5-4-6-24(16-22)31(20)35(42-3)26-13-9-23(10-14-29(39)41-2)34(32(26)36)43-19-21-7-11-25(12-8-21)44-30-17-27(38)33(40)28(18-37)45-30/h7-14,20,22,24,27-28,30,33,37-38,40H,4-6,15-19H2,1-3H3/b14-10+,35-31+/t20?,22?,24?,27-,28-,30-,33-/m1/s1. The van der Waals surface area contributed by atoms with Crippen LogP contribution >= 0.6 is 11.6 Å². The Morgan fingerprint density at radius 2 is 1.82 bits per heavy atom. The SMILES string of the molecule is COC(=O)/C=C/c1ccc(/C(OC)=C2/C(C)CC3CCCC2C3)c(Cl)c1OCc1ccc(O[C@H]2C[C@@H](O)[C@@H](O)[C@@H](CO)O2)cc1. The van der Waals surface area contributed by atoms with Gasteiger partial charge in [-0.3, -0.25) is 0 Å². The van der Waals surface area contributed by atoms with Crippen molar-refractivity contribution >= 4 is 29.4 Å². The van der Waals surface area contributed by atoms with Crippen molar-refractivity contribution in [2.45, 2.75) is 76.7 Å². The van der Waals surface area contributed by atoms with E-state index >= 15 is 0 Å². The Balaban J connectivity index is 1.38. The Kier molecular flexibility index (Phi) is 11.1. The lowest BCUT2D eigenvalue weighted by atomic mass is 9.65. The van der Waals surface area contributed by atoms with Crippen LogP contribution in [0.25, 0.3) is 11.8 Å². The number of carbonyl (C=O) groups excluding carboxylic acids is 1. The van der Waals surface area contributed by atoms with Crippen molar-refractivity contribution in [3.05, 3.63) is 69.8 Å². The minimum absolute atomic E-state index is 0.0684. The number of halogens is 1. The predicted molar refractivity (Wildman–Crippen MR) is 169 cm³/mol. The Morgan fingerprint density at radius 1 is 1.04 bits per heavy atom. The molecule has 2 aromatic carbocycles. The molecule has 1 saturated heterocycles. The zero-order chi connectivity index (χ0) is 32.1. The molecule has 244 valence electrons. The van der Waals surface area contributed by atoms with Crippen LogP contribution in [0.4, 0.5) is 0 Å². The average molecular weight is 643 g/mol. The van der Waals surface area contributed by atoms with Gasteiger partial charge in [-0.1, -0.05) is 49.6 Å². The molecule has 1 aliphatic heterocycles. The summed E-state index contributed by atoms with van der Waals surface area (Å²) in [4.78, 5) is 11.9. The number of hydrogen-bond donors (Lipinski definition) is 3. The molecule has 2 saturated carbocycles. The molecule has 0 amide bonds. The second kappa shape index (κ2) is 15.0. The van der Waals surface area contributed by atoms with Gasteiger partial charge in [-0.05, 0) is 72.4 Å². The molecule has 5 rings (SSSR count). The van der Waals surface area contributed by atoms with E-state index in [-0.39, 0.29) is 13.0 Å². The normalized spacial score (nSPS) is 29.3. The molecule has 10 heteroatoms. The summed E-state index contributed by atoms with van der Waals surface area (Å²) >= 11 is 7.10. The fourth-order valence-electron chi connectivity index (χ4n) is 6.97. The Morgan fingerprint density at radius 3 is 2.53 bits per heavy atom. The molecular formula is C35H43ClO9. The fourth-order valence-corrected chi connectivity index (χ4v) is 7.29. The summed E-state index contributed by atoms with van der Waals surface area (Å²) in [6, 6.07) is 11.0. The number of methoxy groups -OCH3 is 2. The Bertz CT molecular complexity index is 1390. The molecule has 1 heterocycles. The van der Waals surface area contributed by atoms with Crippen molar-refractivity contribution in [3.63, 3.8) is 0 Å². The number of rotatable bonds is 10. The van der Waals surface area contributed by atoms with Gasteiger partial charge >= 0.3 is 5.97 Å². The number of ether oxygens (including phenoxy) is 5. The lowest BCUT2D eigenvalue weighted by Gasteiger charge is -2.41. The molecule has 3 N–H and O–H groups in total. The van der Waals surface area contributed by atoms with Gasteiger partial charge in [0.1, 0.15) is 36.1 Å². The first-order valence-electron chi connectivity index (χ1n) is 15.6. The van der Waals surface area contributed by atoms with Crippen LogP contribution in [0.15, 0.2) is 48.0 Å². The number of benzene rings is 2. The molecule has 3 fully saturated rings. The highest BCUT2D eigenvalue weighted by Crippen LogP contribution is 2.50. The van der Waals surface area contributed by atoms with E-state index in [1.165, 1.54) is 38.0 Å².